The molecule has 1 saturated carbocycles. The average Bonchev–Trinajstić information content (AvgIpc) is 3.01. The fourth-order valence-electron chi connectivity index (χ4n) is 4.42. The summed E-state index contributed by atoms with van der Waals surface area (Å²) < 4.78 is 0. The van der Waals surface area contributed by atoms with Crippen LogP contribution in [0.5, 0.6) is 0 Å². The van der Waals surface area contributed by atoms with Crippen LogP contribution in [0.4, 0.5) is 0 Å². The quantitative estimate of drug-likeness (QED) is 0.915. The van der Waals surface area contributed by atoms with Gasteiger partial charge in [0.05, 0.1) is 0 Å². The molecule has 116 valence electrons. The number of benzene rings is 1. The molecule has 1 aliphatic heterocycles. The van der Waals surface area contributed by atoms with Crippen molar-refractivity contribution < 1.29 is 0 Å². The van der Waals surface area contributed by atoms with Gasteiger partial charge in [0.1, 0.15) is 0 Å². The summed E-state index contributed by atoms with van der Waals surface area (Å²) in [5.74, 6) is 0. The van der Waals surface area contributed by atoms with Crippen molar-refractivity contribution in [1.29, 1.82) is 0 Å². The summed E-state index contributed by atoms with van der Waals surface area (Å²) in [5.41, 5.74) is 9.79. The van der Waals surface area contributed by atoms with Gasteiger partial charge in [-0.2, -0.15) is 0 Å². The number of rotatable bonds is 4. The highest BCUT2D eigenvalue weighted by Crippen LogP contribution is 2.39. The van der Waals surface area contributed by atoms with Crippen molar-refractivity contribution in [3.8, 4) is 0 Å². The number of aryl methyl sites for hydroxylation is 1. The molecule has 2 N–H and O–H groups in total. The summed E-state index contributed by atoms with van der Waals surface area (Å²) in [4.78, 5) is 2.75. The third-order valence-electron chi connectivity index (χ3n) is 5.72. The van der Waals surface area contributed by atoms with Crippen LogP contribution < -0.4 is 5.73 Å². The molecule has 2 aliphatic rings. The van der Waals surface area contributed by atoms with Crippen LogP contribution in [0.2, 0.25) is 0 Å². The second-order valence-electron chi connectivity index (χ2n) is 7.15. The minimum absolute atomic E-state index is 0.279. The van der Waals surface area contributed by atoms with Gasteiger partial charge in [-0.3, -0.25) is 4.90 Å². The third kappa shape index (κ3) is 3.17. The normalized spacial score (nSPS) is 24.1. The highest BCUT2D eigenvalue weighted by atomic mass is 15.2. The Balaban J connectivity index is 1.74. The molecule has 2 fully saturated rings. The molecule has 0 bridgehead atoms. The maximum absolute atomic E-state index is 6.77. The SMILES string of the molecule is Cc1ccc(CC(N)C2(N3CCCCC3)CCCC2)cc1. The summed E-state index contributed by atoms with van der Waals surface area (Å²) in [6.07, 6.45) is 10.5. The Hall–Kier alpha value is -0.860. The second-order valence-corrected chi connectivity index (χ2v) is 7.15. The van der Waals surface area contributed by atoms with Crippen molar-refractivity contribution in [3.63, 3.8) is 0 Å². The smallest absolute Gasteiger partial charge is 0.0363 e. The Kier molecular flexibility index (Phi) is 4.66. The lowest BCUT2D eigenvalue weighted by atomic mass is 9.82. The van der Waals surface area contributed by atoms with E-state index in [2.05, 4.69) is 36.1 Å². The molecule has 0 radical (unpaired) electrons. The van der Waals surface area contributed by atoms with Gasteiger partial charge in [0, 0.05) is 11.6 Å². The molecule has 1 atom stereocenters. The molecule has 3 rings (SSSR count). The van der Waals surface area contributed by atoms with E-state index in [-0.39, 0.29) is 11.6 Å². The van der Waals surface area contributed by atoms with Crippen LogP contribution in [0, 0.1) is 6.92 Å². The van der Waals surface area contributed by atoms with Crippen LogP contribution in [0.3, 0.4) is 0 Å². The summed E-state index contributed by atoms with van der Waals surface area (Å²) in [5, 5.41) is 0. The molecule has 1 aromatic carbocycles. The van der Waals surface area contributed by atoms with Crippen molar-refractivity contribution >= 4 is 0 Å². The maximum Gasteiger partial charge on any atom is 0.0363 e. The molecule has 0 spiro atoms. The molecule has 0 amide bonds. The molecule has 1 aliphatic carbocycles. The summed E-state index contributed by atoms with van der Waals surface area (Å²) >= 11 is 0. The lowest BCUT2D eigenvalue weighted by Gasteiger charge is -2.47. The van der Waals surface area contributed by atoms with E-state index in [9.17, 15) is 0 Å². The van der Waals surface area contributed by atoms with Crippen molar-refractivity contribution in [2.75, 3.05) is 13.1 Å². The van der Waals surface area contributed by atoms with Crippen LogP contribution in [0.25, 0.3) is 0 Å². The highest BCUT2D eigenvalue weighted by Gasteiger charge is 2.44. The zero-order chi connectivity index (χ0) is 14.7. The first-order chi connectivity index (χ1) is 10.2. The zero-order valence-electron chi connectivity index (χ0n) is 13.5. The van der Waals surface area contributed by atoms with Gasteiger partial charge >= 0.3 is 0 Å². The lowest BCUT2D eigenvalue weighted by Crippen LogP contribution is -2.60. The Labute approximate surface area is 129 Å². The molecular weight excluding hydrogens is 256 g/mol. The largest absolute Gasteiger partial charge is 0.326 e. The predicted octanol–water partition coefficient (Wildman–Crippen LogP) is 3.66. The number of piperidine rings is 1. The minimum Gasteiger partial charge on any atom is -0.326 e. The average molecular weight is 286 g/mol. The molecule has 1 heterocycles. The molecule has 21 heavy (non-hydrogen) atoms. The first-order valence-corrected chi connectivity index (χ1v) is 8.77. The van der Waals surface area contributed by atoms with Gasteiger partial charge in [-0.15, -0.1) is 0 Å². The van der Waals surface area contributed by atoms with Crippen molar-refractivity contribution in [3.05, 3.63) is 35.4 Å². The van der Waals surface area contributed by atoms with E-state index in [1.165, 1.54) is 69.2 Å². The van der Waals surface area contributed by atoms with Crippen LogP contribution in [-0.4, -0.2) is 29.6 Å². The van der Waals surface area contributed by atoms with Crippen molar-refractivity contribution in [1.82, 2.24) is 4.90 Å². The van der Waals surface area contributed by atoms with Gasteiger partial charge in [-0.25, -0.2) is 0 Å². The number of likely N-dealkylation sites (tertiary alicyclic amines) is 1. The molecule has 0 aromatic heterocycles. The Morgan fingerprint density at radius 1 is 1.00 bits per heavy atom. The van der Waals surface area contributed by atoms with E-state index in [1.54, 1.807) is 0 Å². The maximum atomic E-state index is 6.77. The summed E-state index contributed by atoms with van der Waals surface area (Å²) in [6, 6.07) is 9.22. The summed E-state index contributed by atoms with van der Waals surface area (Å²) in [7, 11) is 0. The number of nitrogens with two attached hydrogens (primary N) is 1. The van der Waals surface area contributed by atoms with E-state index < -0.39 is 0 Å². The first kappa shape index (κ1) is 15.1. The monoisotopic (exact) mass is 286 g/mol. The highest BCUT2D eigenvalue weighted by molar-refractivity contribution is 5.23. The number of nitrogens with zero attached hydrogens (tertiary/aromatic N) is 1. The molecular formula is C19H30N2. The van der Waals surface area contributed by atoms with Gasteiger partial charge < -0.3 is 5.73 Å². The Morgan fingerprint density at radius 3 is 2.24 bits per heavy atom. The van der Waals surface area contributed by atoms with Crippen LogP contribution in [-0.2, 0) is 6.42 Å². The third-order valence-corrected chi connectivity index (χ3v) is 5.72. The minimum atomic E-state index is 0.279. The lowest BCUT2D eigenvalue weighted by molar-refractivity contribution is 0.0482. The van der Waals surface area contributed by atoms with Gasteiger partial charge in [0.15, 0.2) is 0 Å². The van der Waals surface area contributed by atoms with Gasteiger partial charge in [-0.1, -0.05) is 49.1 Å². The molecule has 2 nitrogen and oxygen atoms in total. The Bertz CT molecular complexity index is 439. The van der Waals surface area contributed by atoms with Gasteiger partial charge in [0.2, 0.25) is 0 Å². The second kappa shape index (κ2) is 6.50. The summed E-state index contributed by atoms with van der Waals surface area (Å²) in [6.45, 7) is 4.68. The number of hydrogen-bond donors (Lipinski definition) is 1. The molecule has 1 saturated heterocycles. The Morgan fingerprint density at radius 2 is 1.62 bits per heavy atom. The van der Waals surface area contributed by atoms with E-state index in [0.29, 0.717) is 0 Å². The molecule has 2 heteroatoms. The van der Waals surface area contributed by atoms with E-state index in [1.807, 2.05) is 0 Å². The van der Waals surface area contributed by atoms with Crippen molar-refractivity contribution in [2.45, 2.75) is 69.9 Å². The standard InChI is InChI=1S/C19H30N2/c1-16-7-9-17(10-8-16)15-18(20)19(11-3-4-12-19)21-13-5-2-6-14-21/h7-10,18H,2-6,11-15,20H2,1H3. The molecule has 1 aromatic rings. The van der Waals surface area contributed by atoms with Crippen molar-refractivity contribution in [2.24, 2.45) is 5.73 Å². The van der Waals surface area contributed by atoms with Gasteiger partial charge in [0.25, 0.3) is 0 Å². The van der Waals surface area contributed by atoms with E-state index >= 15 is 0 Å². The fraction of sp³-hybridized carbons (Fsp3) is 0.684. The van der Waals surface area contributed by atoms with Gasteiger partial charge in [-0.05, 0) is 57.7 Å². The topological polar surface area (TPSA) is 29.3 Å². The first-order valence-electron chi connectivity index (χ1n) is 8.77. The van der Waals surface area contributed by atoms with Crippen LogP contribution >= 0.6 is 0 Å². The van der Waals surface area contributed by atoms with Crippen LogP contribution in [0.15, 0.2) is 24.3 Å². The van der Waals surface area contributed by atoms with Crippen LogP contribution in [0.1, 0.15) is 56.1 Å². The van der Waals surface area contributed by atoms with E-state index in [0.717, 1.165) is 6.42 Å². The predicted molar refractivity (Wildman–Crippen MR) is 89.5 cm³/mol. The number of hydrogen-bond acceptors (Lipinski definition) is 2. The molecule has 1 unspecified atom stereocenters. The fourth-order valence-corrected chi connectivity index (χ4v) is 4.42. The zero-order valence-corrected chi connectivity index (χ0v) is 13.5. The van der Waals surface area contributed by atoms with E-state index in [4.69, 9.17) is 5.73 Å².